The standard InChI is InChI=1S/C13H15O/c1-4-11-7-6-8-13(10(3)9-14)12(11)5-2/h4-8,10,14H,1-3,9H2. The summed E-state index contributed by atoms with van der Waals surface area (Å²) in [6, 6.07) is 5.86. The molecule has 1 unspecified atom stereocenters. The molecule has 0 aliphatic rings. The zero-order valence-corrected chi connectivity index (χ0v) is 8.24. The van der Waals surface area contributed by atoms with Gasteiger partial charge in [-0.25, -0.2) is 0 Å². The highest BCUT2D eigenvalue weighted by Gasteiger charge is 2.09. The summed E-state index contributed by atoms with van der Waals surface area (Å²) in [5, 5.41) is 9.05. The Bertz CT molecular complexity index is 339. The van der Waals surface area contributed by atoms with Crippen LogP contribution in [0.15, 0.2) is 31.4 Å². The Labute approximate surface area is 85.4 Å². The van der Waals surface area contributed by atoms with Crippen molar-refractivity contribution in [1.29, 1.82) is 0 Å². The van der Waals surface area contributed by atoms with Crippen LogP contribution in [0, 0.1) is 6.92 Å². The van der Waals surface area contributed by atoms with Gasteiger partial charge in [0.05, 0.1) is 0 Å². The predicted octanol–water partition coefficient (Wildman–Crippen LogP) is 2.88. The molecule has 0 heterocycles. The molecule has 73 valence electrons. The van der Waals surface area contributed by atoms with Crippen LogP contribution in [0.3, 0.4) is 0 Å². The van der Waals surface area contributed by atoms with Gasteiger partial charge in [0, 0.05) is 12.5 Å². The zero-order valence-electron chi connectivity index (χ0n) is 8.24. The molecule has 0 aromatic heterocycles. The van der Waals surface area contributed by atoms with Crippen LogP contribution in [0.4, 0.5) is 0 Å². The van der Waals surface area contributed by atoms with Crippen molar-refractivity contribution in [2.45, 2.75) is 5.92 Å². The van der Waals surface area contributed by atoms with Crippen molar-refractivity contribution in [3.63, 3.8) is 0 Å². The molecule has 0 aliphatic carbocycles. The molecule has 1 nitrogen and oxygen atoms in total. The number of aliphatic hydroxyl groups is 1. The minimum absolute atomic E-state index is 0.0431. The topological polar surface area (TPSA) is 20.2 Å². The van der Waals surface area contributed by atoms with Gasteiger partial charge in [0.2, 0.25) is 0 Å². The lowest BCUT2D eigenvalue weighted by Crippen LogP contribution is -2.02. The van der Waals surface area contributed by atoms with Gasteiger partial charge >= 0.3 is 0 Å². The van der Waals surface area contributed by atoms with E-state index < -0.39 is 0 Å². The molecular formula is C13H15O. The zero-order chi connectivity index (χ0) is 10.6. The third kappa shape index (κ3) is 1.94. The number of hydrogen-bond donors (Lipinski definition) is 1. The molecule has 1 radical (unpaired) electrons. The molecular weight excluding hydrogens is 172 g/mol. The Morgan fingerprint density at radius 3 is 2.50 bits per heavy atom. The van der Waals surface area contributed by atoms with Crippen LogP contribution in [0.1, 0.15) is 22.6 Å². The normalized spacial score (nSPS) is 12.1. The van der Waals surface area contributed by atoms with Crippen molar-refractivity contribution in [3.8, 4) is 0 Å². The molecule has 0 saturated carbocycles. The first-order valence-corrected chi connectivity index (χ1v) is 4.56. The largest absolute Gasteiger partial charge is 0.396 e. The highest BCUT2D eigenvalue weighted by atomic mass is 16.3. The fraction of sp³-hybridized carbons (Fsp3) is 0.154. The maximum atomic E-state index is 9.05. The SMILES string of the molecule is [CH2]C(CO)c1cccc(C=C)c1C=C. The van der Waals surface area contributed by atoms with E-state index in [4.69, 9.17) is 5.11 Å². The summed E-state index contributed by atoms with van der Waals surface area (Å²) < 4.78 is 0. The fourth-order valence-corrected chi connectivity index (χ4v) is 1.47. The van der Waals surface area contributed by atoms with E-state index >= 15 is 0 Å². The minimum Gasteiger partial charge on any atom is -0.396 e. The van der Waals surface area contributed by atoms with Crippen LogP contribution in [-0.2, 0) is 0 Å². The molecule has 1 aromatic rings. The van der Waals surface area contributed by atoms with E-state index in [2.05, 4.69) is 20.1 Å². The van der Waals surface area contributed by atoms with E-state index in [0.29, 0.717) is 0 Å². The van der Waals surface area contributed by atoms with Gasteiger partial charge in [0.25, 0.3) is 0 Å². The van der Waals surface area contributed by atoms with Crippen molar-refractivity contribution >= 4 is 12.2 Å². The maximum Gasteiger partial charge on any atom is 0.0499 e. The molecule has 0 spiro atoms. The summed E-state index contributed by atoms with van der Waals surface area (Å²) in [5.74, 6) is -0.108. The average Bonchev–Trinajstić information content (AvgIpc) is 2.26. The van der Waals surface area contributed by atoms with Crippen LogP contribution in [0.5, 0.6) is 0 Å². The van der Waals surface area contributed by atoms with E-state index in [1.807, 2.05) is 18.2 Å². The molecule has 1 rings (SSSR count). The molecule has 0 bridgehead atoms. The Hall–Kier alpha value is -1.34. The van der Waals surface area contributed by atoms with Crippen LogP contribution in [0.2, 0.25) is 0 Å². The van der Waals surface area contributed by atoms with E-state index in [1.165, 1.54) is 0 Å². The molecule has 0 fully saturated rings. The minimum atomic E-state index is -0.108. The lowest BCUT2D eigenvalue weighted by Gasteiger charge is -2.13. The first kappa shape index (κ1) is 10.7. The van der Waals surface area contributed by atoms with Crippen LogP contribution in [-0.4, -0.2) is 11.7 Å². The lowest BCUT2D eigenvalue weighted by atomic mass is 9.93. The molecule has 1 atom stereocenters. The average molecular weight is 187 g/mol. The van der Waals surface area contributed by atoms with Gasteiger partial charge in [-0.2, -0.15) is 0 Å². The number of hydrogen-bond acceptors (Lipinski definition) is 1. The van der Waals surface area contributed by atoms with Crippen molar-refractivity contribution in [3.05, 3.63) is 55.0 Å². The van der Waals surface area contributed by atoms with Crippen molar-refractivity contribution in [2.75, 3.05) is 6.61 Å². The summed E-state index contributed by atoms with van der Waals surface area (Å²) in [7, 11) is 0. The highest BCUT2D eigenvalue weighted by molar-refractivity contribution is 5.67. The van der Waals surface area contributed by atoms with Crippen LogP contribution < -0.4 is 0 Å². The van der Waals surface area contributed by atoms with Crippen molar-refractivity contribution in [2.24, 2.45) is 0 Å². The molecule has 1 N–H and O–H groups in total. The third-order valence-corrected chi connectivity index (χ3v) is 2.26. The second kappa shape index (κ2) is 4.77. The van der Waals surface area contributed by atoms with Gasteiger partial charge in [0.15, 0.2) is 0 Å². The summed E-state index contributed by atoms with van der Waals surface area (Å²) >= 11 is 0. The maximum absolute atomic E-state index is 9.05. The molecule has 1 heteroatoms. The smallest absolute Gasteiger partial charge is 0.0499 e. The van der Waals surface area contributed by atoms with Crippen LogP contribution >= 0.6 is 0 Å². The molecule has 0 amide bonds. The van der Waals surface area contributed by atoms with Gasteiger partial charge in [-0.15, -0.1) is 0 Å². The number of aliphatic hydroxyl groups excluding tert-OH is 1. The van der Waals surface area contributed by atoms with Crippen LogP contribution in [0.25, 0.3) is 12.2 Å². The van der Waals surface area contributed by atoms with Crippen molar-refractivity contribution < 1.29 is 5.11 Å². The predicted molar refractivity (Wildman–Crippen MR) is 61.8 cm³/mol. The second-order valence-electron chi connectivity index (χ2n) is 3.14. The lowest BCUT2D eigenvalue weighted by molar-refractivity contribution is 0.282. The Morgan fingerprint density at radius 2 is 2.00 bits per heavy atom. The highest BCUT2D eigenvalue weighted by Crippen LogP contribution is 2.24. The van der Waals surface area contributed by atoms with E-state index in [1.54, 1.807) is 12.2 Å². The monoisotopic (exact) mass is 187 g/mol. The summed E-state index contributed by atoms with van der Waals surface area (Å²) in [4.78, 5) is 0. The van der Waals surface area contributed by atoms with Crippen molar-refractivity contribution in [1.82, 2.24) is 0 Å². The van der Waals surface area contributed by atoms with Gasteiger partial charge in [-0.1, -0.05) is 43.5 Å². The third-order valence-electron chi connectivity index (χ3n) is 2.26. The van der Waals surface area contributed by atoms with Gasteiger partial charge < -0.3 is 5.11 Å². The Kier molecular flexibility index (Phi) is 3.66. The first-order valence-electron chi connectivity index (χ1n) is 4.56. The molecule has 0 saturated heterocycles. The van der Waals surface area contributed by atoms with E-state index in [-0.39, 0.29) is 12.5 Å². The summed E-state index contributed by atoms with van der Waals surface area (Å²) in [5.41, 5.74) is 3.05. The van der Waals surface area contributed by atoms with E-state index in [9.17, 15) is 0 Å². The number of rotatable bonds is 4. The summed E-state index contributed by atoms with van der Waals surface area (Å²) in [6.45, 7) is 11.4. The van der Waals surface area contributed by atoms with Gasteiger partial charge in [-0.05, 0) is 23.6 Å². The summed E-state index contributed by atoms with van der Waals surface area (Å²) in [6.07, 6.45) is 3.56. The fourth-order valence-electron chi connectivity index (χ4n) is 1.47. The quantitative estimate of drug-likeness (QED) is 0.768. The Balaban J connectivity index is 3.28. The van der Waals surface area contributed by atoms with Gasteiger partial charge in [0.1, 0.15) is 0 Å². The van der Waals surface area contributed by atoms with E-state index in [0.717, 1.165) is 16.7 Å². The second-order valence-corrected chi connectivity index (χ2v) is 3.14. The molecule has 0 aliphatic heterocycles. The Morgan fingerprint density at radius 1 is 1.29 bits per heavy atom. The first-order chi connectivity index (χ1) is 6.74. The van der Waals surface area contributed by atoms with Gasteiger partial charge in [-0.3, -0.25) is 0 Å². The number of benzene rings is 1. The molecule has 1 aromatic carbocycles. The molecule has 14 heavy (non-hydrogen) atoms.